The van der Waals surface area contributed by atoms with Crippen molar-refractivity contribution in [3.8, 4) is 79.0 Å². The van der Waals surface area contributed by atoms with Crippen LogP contribution in [0.25, 0.3) is 99.6 Å². The maximum Gasteiger partial charge on any atom is 0.143 e. The Kier molecular flexibility index (Phi) is 10.4. The first kappa shape index (κ1) is 42.6. The maximum atomic E-state index is 9.29. The Bertz CT molecular complexity index is 6050. The molecule has 7 nitrogen and oxygen atoms in total. The lowest BCUT2D eigenvalue weighted by molar-refractivity contribution is 0.483. The van der Waals surface area contributed by atoms with Crippen LogP contribution in [0.5, 0.6) is 23.0 Å². The molecule has 12 aromatic carbocycles. The predicted octanol–water partition coefficient (Wildman–Crippen LogP) is 23.4. The van der Waals surface area contributed by atoms with Gasteiger partial charge >= 0.3 is 0 Å². The number of pyridine rings is 1. The molecule has 0 aliphatic carbocycles. The summed E-state index contributed by atoms with van der Waals surface area (Å²) in [5, 5.41) is 3.98. The van der Waals surface area contributed by atoms with E-state index in [0.29, 0.717) is 56.8 Å². The van der Waals surface area contributed by atoms with Crippen LogP contribution in [0.4, 0.5) is 22.7 Å². The average molecular weight is 1220 g/mol. The molecular formula is C86H69N5O2. The summed E-state index contributed by atoms with van der Waals surface area (Å²) >= 11 is 0. The van der Waals surface area contributed by atoms with Gasteiger partial charge in [0.25, 0.3) is 0 Å². The van der Waals surface area contributed by atoms with Crippen molar-refractivity contribution in [1.82, 2.24) is 14.1 Å². The molecule has 0 N–H and O–H groups in total. The summed E-state index contributed by atoms with van der Waals surface area (Å²) in [7, 11) is 0. The highest BCUT2D eigenvalue weighted by molar-refractivity contribution is 6.12. The molecule has 0 bridgehead atoms. The monoisotopic (exact) mass is 1220 g/mol. The third-order valence-electron chi connectivity index (χ3n) is 17.4. The van der Waals surface area contributed by atoms with E-state index >= 15 is 0 Å². The first-order valence-electron chi connectivity index (χ1n) is 38.4. The molecular weight excluding hydrogens is 1130 g/mol. The van der Waals surface area contributed by atoms with E-state index in [9.17, 15) is 8.22 Å². The Labute approximate surface area is 564 Å². The standard InChI is InChI=1S/C86H69N5O2/c1-85(2,3)61-49-60(50-62(51-61)86(4,5)6)71-38-24-37-70(59-29-14-9-15-30-59)84(71)93-67-47-48-87-82(55-67)91-78-46-43-64(90-76-39-18-16-33-72(76)73-34-17-19-40-77(73)90)53-75(78)74-45-44-66(54-81(74)91)92-65-32-22-31-63(52-65)88-56-89(80-42-21-20-41-79(80)88)83-68(57-25-10-7-11-26-57)35-23-36-69(83)58-27-12-8-13-28-58/h7-55H,56H2,1-6H3/i7D,8D,9D,10D,11D,12D,13D,14D,15D,25D,26D,27D,28D,29D,30D. The first-order chi connectivity index (χ1) is 51.6. The lowest BCUT2D eigenvalue weighted by atomic mass is 9.78. The van der Waals surface area contributed by atoms with Crippen LogP contribution in [-0.4, -0.2) is 20.8 Å². The van der Waals surface area contributed by atoms with Gasteiger partial charge in [-0.05, 0) is 117 Å². The highest BCUT2D eigenvalue weighted by Crippen LogP contribution is 2.51. The number of hydrogen-bond acceptors (Lipinski definition) is 5. The SMILES string of the molecule is [2H]c1c([2H])c([2H])c(-c2cccc(-c3cc(C(C)(C)C)cc(C(C)(C)C)c3)c2Oc2ccnc(-n3c4ccc(-n5c6ccccc6c6ccccc65)cc4c4ccc(Oc5cccc(N6CN(c7c(-c8c([2H])c([2H])c([2H])c([2H])c8[2H])cccc7-c7c([2H])c([2H])c([2H])c([2H])c7[2H])c7ccccc76)c5)cc43)c2)c([2H])c1[2H]. The molecule has 0 radical (unpaired) electrons. The fourth-order valence-corrected chi connectivity index (χ4v) is 12.9. The largest absolute Gasteiger partial charge is 0.457 e. The highest BCUT2D eigenvalue weighted by atomic mass is 16.5. The number of ether oxygens (including phenoxy) is 2. The summed E-state index contributed by atoms with van der Waals surface area (Å²) in [6.45, 7) is 13.0. The van der Waals surface area contributed by atoms with Crippen LogP contribution in [0.1, 0.15) is 73.2 Å². The number of rotatable bonds is 12. The molecule has 1 aliphatic heterocycles. The van der Waals surface area contributed by atoms with Gasteiger partial charge in [0.05, 0.1) is 59.7 Å². The molecule has 1 aliphatic rings. The number of benzene rings is 12. The van der Waals surface area contributed by atoms with Gasteiger partial charge in [-0.15, -0.1) is 0 Å². The minimum absolute atomic E-state index is 0.0119. The number of para-hydroxylation sites is 6. The lowest BCUT2D eigenvalue weighted by Crippen LogP contribution is -2.24. The average Bonchev–Trinajstić information content (AvgIpc) is 1.44. The fourth-order valence-electron chi connectivity index (χ4n) is 12.9. The van der Waals surface area contributed by atoms with Crippen LogP contribution in [-0.2, 0) is 10.8 Å². The minimum Gasteiger partial charge on any atom is -0.457 e. The van der Waals surface area contributed by atoms with Crippen molar-refractivity contribution in [1.29, 1.82) is 0 Å². The third-order valence-corrected chi connectivity index (χ3v) is 17.4. The molecule has 0 unspecified atom stereocenters. The van der Waals surface area contributed by atoms with E-state index in [2.05, 4.69) is 111 Å². The summed E-state index contributed by atoms with van der Waals surface area (Å²) in [6.07, 6.45) is 1.66. The van der Waals surface area contributed by atoms with Crippen LogP contribution >= 0.6 is 0 Å². The van der Waals surface area contributed by atoms with Crippen molar-refractivity contribution < 1.29 is 30.0 Å². The molecule has 450 valence electrons. The zero-order valence-corrected chi connectivity index (χ0v) is 51.9. The second kappa shape index (κ2) is 22.8. The first-order valence-corrected chi connectivity index (χ1v) is 30.9. The molecule has 7 heteroatoms. The van der Waals surface area contributed by atoms with Gasteiger partial charge in [-0.3, -0.25) is 4.57 Å². The number of fused-ring (bicyclic) bond motifs is 7. The van der Waals surface area contributed by atoms with Gasteiger partial charge in [-0.25, -0.2) is 4.98 Å². The van der Waals surface area contributed by atoms with Gasteiger partial charge in [0.2, 0.25) is 0 Å². The second-order valence-electron chi connectivity index (χ2n) is 25.3. The van der Waals surface area contributed by atoms with Crippen molar-refractivity contribution in [2.45, 2.75) is 52.4 Å². The molecule has 0 atom stereocenters. The summed E-state index contributed by atoms with van der Waals surface area (Å²) in [6, 6.07) is 56.8. The van der Waals surface area contributed by atoms with E-state index < -0.39 is 78.6 Å². The normalized spacial score (nSPS) is 14.8. The molecule has 4 heterocycles. The third kappa shape index (κ3) is 10.3. The predicted molar refractivity (Wildman–Crippen MR) is 387 cm³/mol. The summed E-state index contributed by atoms with van der Waals surface area (Å²) < 4.78 is 152. The smallest absolute Gasteiger partial charge is 0.143 e. The molecule has 3 aromatic heterocycles. The topological polar surface area (TPSA) is 47.7 Å². The Hall–Kier alpha value is -11.4. The van der Waals surface area contributed by atoms with E-state index in [-0.39, 0.29) is 68.8 Å². The zero-order chi connectivity index (χ0) is 76.0. The summed E-state index contributed by atoms with van der Waals surface area (Å²) in [5.74, 6) is 1.99. The number of nitrogens with zero attached hydrogens (tertiary/aromatic N) is 5. The minimum atomic E-state index is -0.584. The maximum absolute atomic E-state index is 9.29. The number of anilines is 4. The molecule has 0 amide bonds. The molecule has 0 saturated heterocycles. The van der Waals surface area contributed by atoms with Gasteiger partial charge in [0, 0.05) is 79.6 Å². The van der Waals surface area contributed by atoms with Crippen molar-refractivity contribution in [2.75, 3.05) is 16.5 Å². The lowest BCUT2D eigenvalue weighted by Gasteiger charge is -2.27. The van der Waals surface area contributed by atoms with Gasteiger partial charge in [0.15, 0.2) is 0 Å². The van der Waals surface area contributed by atoms with Crippen LogP contribution in [0.3, 0.4) is 0 Å². The summed E-state index contributed by atoms with van der Waals surface area (Å²) in [4.78, 5) is 8.97. The second-order valence-corrected chi connectivity index (χ2v) is 25.3. The van der Waals surface area contributed by atoms with Crippen molar-refractivity contribution >= 4 is 66.4 Å². The molecule has 16 rings (SSSR count). The van der Waals surface area contributed by atoms with E-state index in [4.69, 9.17) is 26.8 Å². The molecule has 15 aromatic rings. The van der Waals surface area contributed by atoms with Gasteiger partial charge in [-0.1, -0.05) is 241 Å². The van der Waals surface area contributed by atoms with Gasteiger partial charge in [-0.2, -0.15) is 0 Å². The highest BCUT2D eigenvalue weighted by Gasteiger charge is 2.32. The van der Waals surface area contributed by atoms with Crippen LogP contribution in [0.15, 0.2) is 297 Å². The van der Waals surface area contributed by atoms with Crippen LogP contribution in [0, 0.1) is 0 Å². The molecule has 0 spiro atoms. The van der Waals surface area contributed by atoms with E-state index in [1.165, 1.54) is 0 Å². The van der Waals surface area contributed by atoms with Crippen LogP contribution in [0.2, 0.25) is 0 Å². The van der Waals surface area contributed by atoms with E-state index in [1.54, 1.807) is 36.5 Å². The Morgan fingerprint density at radius 3 is 1.51 bits per heavy atom. The van der Waals surface area contributed by atoms with E-state index in [1.807, 2.05) is 119 Å². The molecule has 0 saturated carbocycles. The fraction of sp³-hybridized carbons (Fsp3) is 0.105. The number of hydrogen-bond donors (Lipinski definition) is 0. The van der Waals surface area contributed by atoms with Gasteiger partial charge in [0.1, 0.15) is 35.5 Å². The van der Waals surface area contributed by atoms with Crippen molar-refractivity contribution in [3.63, 3.8) is 0 Å². The zero-order valence-electron chi connectivity index (χ0n) is 66.9. The van der Waals surface area contributed by atoms with Crippen LogP contribution < -0.4 is 19.3 Å². The van der Waals surface area contributed by atoms with E-state index in [0.717, 1.165) is 60.5 Å². The Balaban J connectivity index is 0.838. The quantitative estimate of drug-likeness (QED) is 0.122. The molecule has 0 fully saturated rings. The Morgan fingerprint density at radius 1 is 0.366 bits per heavy atom. The van der Waals surface area contributed by atoms with Crippen molar-refractivity contribution in [2.24, 2.45) is 0 Å². The Morgan fingerprint density at radius 2 is 0.882 bits per heavy atom. The summed E-state index contributed by atoms with van der Waals surface area (Å²) in [5.41, 5.74) is 10.2. The van der Waals surface area contributed by atoms with Gasteiger partial charge < -0.3 is 23.8 Å². The molecule has 93 heavy (non-hydrogen) atoms. The van der Waals surface area contributed by atoms with Crippen molar-refractivity contribution in [3.05, 3.63) is 308 Å². The number of aromatic nitrogens is 3.